The van der Waals surface area contributed by atoms with E-state index in [-0.39, 0.29) is 11.6 Å². The quantitative estimate of drug-likeness (QED) is 0.903. The van der Waals surface area contributed by atoms with Crippen LogP contribution < -0.4 is 5.32 Å². The number of halogens is 3. The van der Waals surface area contributed by atoms with E-state index in [1.54, 1.807) is 0 Å². The zero-order valence-electron chi connectivity index (χ0n) is 10.8. The van der Waals surface area contributed by atoms with E-state index >= 15 is 0 Å². The molecule has 0 aliphatic carbocycles. The van der Waals surface area contributed by atoms with Crippen molar-refractivity contribution in [3.63, 3.8) is 0 Å². The second-order valence-electron chi connectivity index (χ2n) is 4.75. The minimum absolute atomic E-state index is 0.0185. The molecule has 108 valence electrons. The Bertz CT molecular complexity index is 500. The molecule has 0 spiro atoms. The molecule has 0 aromatic heterocycles. The first-order chi connectivity index (χ1) is 9.50. The fourth-order valence-corrected chi connectivity index (χ4v) is 2.21. The Hall–Kier alpha value is -1.74. The van der Waals surface area contributed by atoms with Crippen LogP contribution in [-0.4, -0.2) is 19.3 Å². The molecule has 0 amide bonds. The highest BCUT2D eigenvalue weighted by molar-refractivity contribution is 5.59. The van der Waals surface area contributed by atoms with Crippen molar-refractivity contribution < 1.29 is 17.9 Å². The largest absolute Gasteiger partial charge is 0.416 e. The molecule has 0 radical (unpaired) electrons. The molecule has 1 aliphatic heterocycles. The fraction of sp³-hybridized carbons (Fsp3) is 0.500. The van der Waals surface area contributed by atoms with E-state index in [0.717, 1.165) is 31.4 Å². The van der Waals surface area contributed by atoms with Crippen molar-refractivity contribution in [2.45, 2.75) is 31.5 Å². The van der Waals surface area contributed by atoms with Crippen molar-refractivity contribution in [2.24, 2.45) is 0 Å². The lowest BCUT2D eigenvalue weighted by molar-refractivity contribution is -0.137. The Kier molecular flexibility index (Phi) is 4.50. The van der Waals surface area contributed by atoms with Gasteiger partial charge in [0.25, 0.3) is 0 Å². The molecule has 1 aliphatic rings. The summed E-state index contributed by atoms with van der Waals surface area (Å²) in [6.45, 7) is 1.33. The van der Waals surface area contributed by atoms with Crippen molar-refractivity contribution in [3.05, 3.63) is 29.3 Å². The van der Waals surface area contributed by atoms with Crippen LogP contribution in [0, 0.1) is 11.3 Å². The van der Waals surface area contributed by atoms with E-state index in [1.165, 1.54) is 6.07 Å². The SMILES string of the molecule is N#Cc1cc(C(F)(F)F)ccc1NC1CCCOCC1. The number of rotatable bonds is 2. The monoisotopic (exact) mass is 284 g/mol. The molecule has 3 nitrogen and oxygen atoms in total. The van der Waals surface area contributed by atoms with Crippen LogP contribution in [0.25, 0.3) is 0 Å². The average Bonchev–Trinajstić information content (AvgIpc) is 2.66. The van der Waals surface area contributed by atoms with Gasteiger partial charge in [-0.1, -0.05) is 0 Å². The standard InChI is InChI=1S/C14H15F3N2O/c15-14(16,17)11-3-4-13(10(8-11)9-18)19-12-2-1-6-20-7-5-12/h3-4,8,12,19H,1-2,5-7H2. The first-order valence-corrected chi connectivity index (χ1v) is 6.46. The van der Waals surface area contributed by atoms with Crippen LogP contribution in [0.1, 0.15) is 30.4 Å². The molecular formula is C14H15F3N2O. The Morgan fingerprint density at radius 3 is 2.75 bits per heavy atom. The molecule has 1 saturated heterocycles. The first-order valence-electron chi connectivity index (χ1n) is 6.46. The lowest BCUT2D eigenvalue weighted by Crippen LogP contribution is -2.20. The number of hydrogen-bond donors (Lipinski definition) is 1. The van der Waals surface area contributed by atoms with E-state index in [0.29, 0.717) is 18.9 Å². The molecule has 2 rings (SSSR count). The molecule has 1 aromatic rings. The highest BCUT2D eigenvalue weighted by atomic mass is 19.4. The summed E-state index contributed by atoms with van der Waals surface area (Å²) in [5, 5.41) is 12.2. The third kappa shape index (κ3) is 3.64. The molecule has 1 heterocycles. The molecule has 0 saturated carbocycles. The minimum Gasteiger partial charge on any atom is -0.381 e. The average molecular weight is 284 g/mol. The Labute approximate surface area is 115 Å². The summed E-state index contributed by atoms with van der Waals surface area (Å²) < 4.78 is 43.1. The van der Waals surface area contributed by atoms with E-state index in [1.807, 2.05) is 6.07 Å². The van der Waals surface area contributed by atoms with Gasteiger partial charge in [-0.05, 0) is 37.5 Å². The van der Waals surface area contributed by atoms with Gasteiger partial charge in [0.2, 0.25) is 0 Å². The maximum atomic E-state index is 12.6. The normalized spacial score (nSPS) is 20.0. The molecule has 20 heavy (non-hydrogen) atoms. The predicted molar refractivity (Wildman–Crippen MR) is 68.2 cm³/mol. The molecule has 6 heteroatoms. The second kappa shape index (κ2) is 6.14. The lowest BCUT2D eigenvalue weighted by atomic mass is 10.1. The van der Waals surface area contributed by atoms with Gasteiger partial charge in [-0.3, -0.25) is 0 Å². The van der Waals surface area contributed by atoms with E-state index in [9.17, 15) is 13.2 Å². The molecule has 1 fully saturated rings. The van der Waals surface area contributed by atoms with Gasteiger partial charge >= 0.3 is 6.18 Å². The highest BCUT2D eigenvalue weighted by Crippen LogP contribution is 2.32. The van der Waals surface area contributed by atoms with Crippen LogP contribution in [0.4, 0.5) is 18.9 Å². The fourth-order valence-electron chi connectivity index (χ4n) is 2.21. The summed E-state index contributed by atoms with van der Waals surface area (Å²) in [4.78, 5) is 0. The van der Waals surface area contributed by atoms with Crippen molar-refractivity contribution in [1.29, 1.82) is 5.26 Å². The predicted octanol–water partition coefficient (Wildman–Crippen LogP) is 3.56. The number of ether oxygens (including phenoxy) is 1. The van der Waals surface area contributed by atoms with E-state index in [2.05, 4.69) is 5.32 Å². The highest BCUT2D eigenvalue weighted by Gasteiger charge is 2.31. The second-order valence-corrected chi connectivity index (χ2v) is 4.75. The third-order valence-electron chi connectivity index (χ3n) is 3.28. The van der Waals surface area contributed by atoms with Gasteiger partial charge in [0.05, 0.1) is 16.8 Å². The minimum atomic E-state index is -4.43. The zero-order chi connectivity index (χ0) is 14.6. The zero-order valence-corrected chi connectivity index (χ0v) is 10.8. The lowest BCUT2D eigenvalue weighted by Gasteiger charge is -2.18. The van der Waals surface area contributed by atoms with E-state index in [4.69, 9.17) is 10.00 Å². The molecule has 1 N–H and O–H groups in total. The van der Waals surface area contributed by atoms with Gasteiger partial charge in [-0.15, -0.1) is 0 Å². The number of benzene rings is 1. The van der Waals surface area contributed by atoms with Crippen LogP contribution >= 0.6 is 0 Å². The summed E-state index contributed by atoms with van der Waals surface area (Å²) in [7, 11) is 0. The smallest absolute Gasteiger partial charge is 0.381 e. The van der Waals surface area contributed by atoms with Gasteiger partial charge in [-0.2, -0.15) is 18.4 Å². The maximum absolute atomic E-state index is 12.6. The Morgan fingerprint density at radius 2 is 2.05 bits per heavy atom. The number of alkyl halides is 3. The van der Waals surface area contributed by atoms with Crippen LogP contribution in [0.3, 0.4) is 0 Å². The van der Waals surface area contributed by atoms with Gasteiger partial charge in [-0.25, -0.2) is 0 Å². The molecule has 1 atom stereocenters. The number of hydrogen-bond acceptors (Lipinski definition) is 3. The topological polar surface area (TPSA) is 45.0 Å². The van der Waals surface area contributed by atoms with Crippen molar-refractivity contribution in [1.82, 2.24) is 0 Å². The Balaban J connectivity index is 2.17. The van der Waals surface area contributed by atoms with Crippen molar-refractivity contribution >= 4 is 5.69 Å². The van der Waals surface area contributed by atoms with Crippen LogP contribution in [0.2, 0.25) is 0 Å². The summed E-state index contributed by atoms with van der Waals surface area (Å²) in [5.41, 5.74) is -0.332. The van der Waals surface area contributed by atoms with Crippen LogP contribution in [-0.2, 0) is 10.9 Å². The number of anilines is 1. The third-order valence-corrected chi connectivity index (χ3v) is 3.28. The van der Waals surface area contributed by atoms with Gasteiger partial charge in [0, 0.05) is 19.3 Å². The summed E-state index contributed by atoms with van der Waals surface area (Å²) in [5.74, 6) is 0. The number of nitriles is 1. The van der Waals surface area contributed by atoms with Crippen molar-refractivity contribution in [2.75, 3.05) is 18.5 Å². The Morgan fingerprint density at radius 1 is 1.25 bits per heavy atom. The summed E-state index contributed by atoms with van der Waals surface area (Å²) in [6, 6.07) is 5.15. The molecule has 1 unspecified atom stereocenters. The van der Waals surface area contributed by atoms with Crippen LogP contribution in [0.5, 0.6) is 0 Å². The maximum Gasteiger partial charge on any atom is 0.416 e. The number of nitrogens with one attached hydrogen (secondary N) is 1. The van der Waals surface area contributed by atoms with Gasteiger partial charge in [0.15, 0.2) is 0 Å². The summed E-state index contributed by atoms with van der Waals surface area (Å²) in [6.07, 6.45) is -1.86. The van der Waals surface area contributed by atoms with Gasteiger partial charge < -0.3 is 10.1 Å². The number of nitrogens with zero attached hydrogens (tertiary/aromatic N) is 1. The molecule has 1 aromatic carbocycles. The molecular weight excluding hydrogens is 269 g/mol. The first kappa shape index (κ1) is 14.7. The summed E-state index contributed by atoms with van der Waals surface area (Å²) >= 11 is 0. The van der Waals surface area contributed by atoms with Crippen molar-refractivity contribution in [3.8, 4) is 6.07 Å². The van der Waals surface area contributed by atoms with Crippen LogP contribution in [0.15, 0.2) is 18.2 Å². The van der Waals surface area contributed by atoms with Gasteiger partial charge in [0.1, 0.15) is 6.07 Å². The molecule has 0 bridgehead atoms. The van der Waals surface area contributed by atoms with E-state index < -0.39 is 11.7 Å².